The standard InChI is InChI=1S/C25H16F2N8O3/c26-14-8-9-16(17(27)11-14)25-31-23(34-37-25)13-4-3-5-15(10-13)29-20(36)12-35-19-7-2-1-6-18(19)30-24(35)21-22(28)33-38-32-21/h1-11H,12H2,(H2,28,33)(H,29,36). The van der Waals surface area contributed by atoms with Crippen LogP contribution in [0.4, 0.5) is 20.3 Å². The summed E-state index contributed by atoms with van der Waals surface area (Å²) < 4.78 is 38.9. The number of nitrogens with two attached hydrogens (primary N) is 1. The van der Waals surface area contributed by atoms with E-state index < -0.39 is 11.6 Å². The molecule has 0 aliphatic heterocycles. The van der Waals surface area contributed by atoms with Crippen LogP contribution in [-0.4, -0.2) is 35.9 Å². The van der Waals surface area contributed by atoms with E-state index in [9.17, 15) is 13.6 Å². The van der Waals surface area contributed by atoms with Gasteiger partial charge in [-0.1, -0.05) is 29.4 Å². The van der Waals surface area contributed by atoms with Crippen LogP contribution in [0.1, 0.15) is 0 Å². The number of para-hydroxylation sites is 2. The number of nitrogens with one attached hydrogen (secondary N) is 1. The number of amides is 1. The molecule has 0 fully saturated rings. The van der Waals surface area contributed by atoms with Gasteiger partial charge in [0, 0.05) is 17.3 Å². The van der Waals surface area contributed by atoms with Crippen molar-refractivity contribution in [3.8, 4) is 34.4 Å². The highest BCUT2D eigenvalue weighted by Gasteiger charge is 2.21. The molecule has 3 heterocycles. The molecule has 0 unspecified atom stereocenters. The quantitative estimate of drug-likeness (QED) is 0.331. The number of anilines is 2. The predicted molar refractivity (Wildman–Crippen MR) is 131 cm³/mol. The molecule has 0 saturated heterocycles. The number of imidazole rings is 1. The van der Waals surface area contributed by atoms with Gasteiger partial charge in [-0.2, -0.15) is 4.98 Å². The lowest BCUT2D eigenvalue weighted by molar-refractivity contribution is -0.116. The summed E-state index contributed by atoms with van der Waals surface area (Å²) in [5.41, 5.74) is 8.37. The van der Waals surface area contributed by atoms with Crippen molar-refractivity contribution in [1.82, 2.24) is 30.0 Å². The monoisotopic (exact) mass is 514 g/mol. The number of carbonyl (C=O) groups is 1. The van der Waals surface area contributed by atoms with E-state index in [4.69, 9.17) is 14.9 Å². The number of aromatic nitrogens is 6. The van der Waals surface area contributed by atoms with Crippen LogP contribution in [0.3, 0.4) is 0 Å². The number of rotatable bonds is 6. The zero-order valence-electron chi connectivity index (χ0n) is 19.3. The summed E-state index contributed by atoms with van der Waals surface area (Å²) in [5.74, 6) is -1.45. The summed E-state index contributed by atoms with van der Waals surface area (Å²) in [7, 11) is 0. The Morgan fingerprint density at radius 2 is 1.84 bits per heavy atom. The van der Waals surface area contributed by atoms with Crippen LogP contribution in [0.15, 0.2) is 75.9 Å². The van der Waals surface area contributed by atoms with Gasteiger partial charge in [0.15, 0.2) is 17.3 Å². The van der Waals surface area contributed by atoms with E-state index in [0.717, 1.165) is 12.1 Å². The lowest BCUT2D eigenvalue weighted by atomic mass is 10.2. The van der Waals surface area contributed by atoms with Crippen LogP contribution in [0.5, 0.6) is 0 Å². The Hall–Kier alpha value is -5.46. The minimum Gasteiger partial charge on any atom is -0.379 e. The minimum absolute atomic E-state index is 0.0269. The number of halogens is 2. The molecule has 6 rings (SSSR count). The Bertz CT molecular complexity index is 1810. The van der Waals surface area contributed by atoms with Crippen LogP contribution in [0, 0.1) is 11.6 Å². The first-order valence-corrected chi connectivity index (χ1v) is 11.2. The zero-order valence-corrected chi connectivity index (χ0v) is 19.3. The van der Waals surface area contributed by atoms with Gasteiger partial charge in [-0.05, 0) is 46.7 Å². The van der Waals surface area contributed by atoms with Crippen molar-refractivity contribution >= 4 is 28.4 Å². The van der Waals surface area contributed by atoms with Gasteiger partial charge in [-0.25, -0.2) is 18.4 Å². The zero-order chi connectivity index (χ0) is 26.2. The van der Waals surface area contributed by atoms with Crippen LogP contribution in [0.2, 0.25) is 0 Å². The molecule has 0 spiro atoms. The van der Waals surface area contributed by atoms with E-state index in [1.807, 2.05) is 18.2 Å². The van der Waals surface area contributed by atoms with Gasteiger partial charge in [0.05, 0.1) is 16.6 Å². The third kappa shape index (κ3) is 4.21. The highest BCUT2D eigenvalue weighted by molar-refractivity contribution is 5.93. The summed E-state index contributed by atoms with van der Waals surface area (Å²) in [6.07, 6.45) is 0. The number of hydrogen-bond donors (Lipinski definition) is 2. The summed E-state index contributed by atoms with van der Waals surface area (Å²) in [6, 6.07) is 17.0. The van der Waals surface area contributed by atoms with Crippen molar-refractivity contribution in [3.63, 3.8) is 0 Å². The average molecular weight is 514 g/mol. The van der Waals surface area contributed by atoms with Crippen LogP contribution in [0.25, 0.3) is 45.4 Å². The van der Waals surface area contributed by atoms with Crippen molar-refractivity contribution in [2.75, 3.05) is 11.1 Å². The van der Waals surface area contributed by atoms with Crippen molar-refractivity contribution in [1.29, 1.82) is 0 Å². The number of hydrogen-bond acceptors (Lipinski definition) is 9. The SMILES string of the molecule is Nc1nonc1-c1nc2ccccc2n1CC(=O)Nc1cccc(-c2noc(-c3ccc(F)cc3F)n2)c1. The molecular formula is C25H16F2N8O3. The first kappa shape index (κ1) is 23.0. The van der Waals surface area contributed by atoms with Crippen molar-refractivity contribution in [3.05, 3.63) is 78.4 Å². The Morgan fingerprint density at radius 1 is 0.974 bits per heavy atom. The molecule has 188 valence electrons. The number of nitrogens with zero attached hydrogens (tertiary/aromatic N) is 6. The second-order valence-electron chi connectivity index (χ2n) is 8.18. The minimum atomic E-state index is -0.823. The number of benzene rings is 3. The van der Waals surface area contributed by atoms with Gasteiger partial charge in [0.1, 0.15) is 18.2 Å². The fourth-order valence-electron chi connectivity index (χ4n) is 3.96. The summed E-state index contributed by atoms with van der Waals surface area (Å²) in [5, 5.41) is 14.1. The molecule has 0 atom stereocenters. The fourth-order valence-corrected chi connectivity index (χ4v) is 3.96. The van der Waals surface area contributed by atoms with Gasteiger partial charge < -0.3 is 20.1 Å². The molecule has 3 aromatic carbocycles. The van der Waals surface area contributed by atoms with E-state index in [1.54, 1.807) is 34.9 Å². The van der Waals surface area contributed by atoms with E-state index in [0.29, 0.717) is 28.1 Å². The molecule has 3 N–H and O–H groups in total. The lowest BCUT2D eigenvalue weighted by Crippen LogP contribution is -2.19. The first-order valence-electron chi connectivity index (χ1n) is 11.2. The van der Waals surface area contributed by atoms with E-state index in [2.05, 4.69) is 30.8 Å². The maximum atomic E-state index is 14.1. The molecule has 11 nitrogen and oxygen atoms in total. The Labute approximate surface area is 211 Å². The molecule has 0 bridgehead atoms. The highest BCUT2D eigenvalue weighted by Crippen LogP contribution is 2.28. The average Bonchev–Trinajstić information content (AvgIpc) is 3.63. The van der Waals surface area contributed by atoms with Crippen LogP contribution < -0.4 is 11.1 Å². The summed E-state index contributed by atoms with van der Waals surface area (Å²) >= 11 is 0. The topological polar surface area (TPSA) is 151 Å². The molecule has 0 saturated carbocycles. The predicted octanol–water partition coefficient (Wildman–Crippen LogP) is 4.30. The van der Waals surface area contributed by atoms with Gasteiger partial charge >= 0.3 is 0 Å². The van der Waals surface area contributed by atoms with Crippen LogP contribution in [-0.2, 0) is 11.3 Å². The third-order valence-electron chi connectivity index (χ3n) is 5.67. The smallest absolute Gasteiger partial charge is 0.261 e. The second-order valence-corrected chi connectivity index (χ2v) is 8.18. The van der Waals surface area contributed by atoms with Gasteiger partial charge in [-0.3, -0.25) is 4.79 Å². The first-order chi connectivity index (χ1) is 18.5. The van der Waals surface area contributed by atoms with Crippen molar-refractivity contribution in [2.45, 2.75) is 6.54 Å². The summed E-state index contributed by atoms with van der Waals surface area (Å²) in [6.45, 7) is -0.109. The Balaban J connectivity index is 1.25. The molecule has 0 aliphatic carbocycles. The molecular weight excluding hydrogens is 498 g/mol. The maximum Gasteiger partial charge on any atom is 0.261 e. The second kappa shape index (κ2) is 9.20. The molecule has 3 aromatic heterocycles. The van der Waals surface area contributed by atoms with E-state index >= 15 is 0 Å². The van der Waals surface area contributed by atoms with Crippen LogP contribution >= 0.6 is 0 Å². The van der Waals surface area contributed by atoms with Crippen molar-refractivity contribution < 1.29 is 22.7 Å². The summed E-state index contributed by atoms with van der Waals surface area (Å²) in [4.78, 5) is 21.8. The Kier molecular flexibility index (Phi) is 5.56. The van der Waals surface area contributed by atoms with Gasteiger partial charge in [-0.15, -0.1) is 0 Å². The highest BCUT2D eigenvalue weighted by atomic mass is 19.1. The molecule has 13 heteroatoms. The maximum absolute atomic E-state index is 14.1. The number of nitrogen functional groups attached to an aromatic ring is 1. The molecule has 6 aromatic rings. The lowest BCUT2D eigenvalue weighted by Gasteiger charge is -2.09. The molecule has 0 radical (unpaired) electrons. The Morgan fingerprint density at radius 3 is 2.66 bits per heavy atom. The fraction of sp³-hybridized carbons (Fsp3) is 0.0400. The normalized spacial score (nSPS) is 11.2. The van der Waals surface area contributed by atoms with E-state index in [1.165, 1.54) is 6.07 Å². The van der Waals surface area contributed by atoms with Crippen molar-refractivity contribution in [2.24, 2.45) is 0 Å². The van der Waals surface area contributed by atoms with Gasteiger partial charge in [0.25, 0.3) is 5.89 Å². The third-order valence-corrected chi connectivity index (χ3v) is 5.67. The van der Waals surface area contributed by atoms with E-state index in [-0.39, 0.29) is 41.2 Å². The molecule has 38 heavy (non-hydrogen) atoms. The number of fused-ring (bicyclic) bond motifs is 1. The number of carbonyl (C=O) groups excluding carboxylic acids is 1. The van der Waals surface area contributed by atoms with Gasteiger partial charge in [0.2, 0.25) is 11.7 Å². The molecule has 0 aliphatic rings. The molecule has 1 amide bonds. The largest absolute Gasteiger partial charge is 0.379 e.